The molecule has 0 saturated heterocycles. The predicted octanol–water partition coefficient (Wildman–Crippen LogP) is 2.25. The fourth-order valence-corrected chi connectivity index (χ4v) is 3.09. The van der Waals surface area contributed by atoms with Crippen LogP contribution in [0.3, 0.4) is 0 Å². The molecule has 1 unspecified atom stereocenters. The van der Waals surface area contributed by atoms with Crippen LogP contribution in [-0.2, 0) is 10.1 Å². The van der Waals surface area contributed by atoms with E-state index in [1.165, 1.54) is 23.5 Å². The van der Waals surface area contributed by atoms with Gasteiger partial charge in [0.2, 0.25) is 0 Å². The zero-order valence-corrected chi connectivity index (χ0v) is 12.5. The molecule has 1 aliphatic heterocycles. The summed E-state index contributed by atoms with van der Waals surface area (Å²) in [6, 6.07) is 5.85. The molecule has 1 aliphatic rings. The van der Waals surface area contributed by atoms with Gasteiger partial charge in [0.25, 0.3) is 10.1 Å². The van der Waals surface area contributed by atoms with Gasteiger partial charge in [-0.25, -0.2) is 0 Å². The maximum atomic E-state index is 10.9. The van der Waals surface area contributed by atoms with Gasteiger partial charge in [-0.2, -0.15) is 8.42 Å². The summed E-state index contributed by atoms with van der Waals surface area (Å²) in [5.74, 6) is 1.52. The Balaban J connectivity index is 1.59. The van der Waals surface area contributed by atoms with Gasteiger partial charge < -0.3 is 14.8 Å². The van der Waals surface area contributed by atoms with Crippen molar-refractivity contribution in [2.75, 3.05) is 18.5 Å². The summed E-state index contributed by atoms with van der Waals surface area (Å²) in [7, 11) is -4.15. The summed E-state index contributed by atoms with van der Waals surface area (Å²) in [5.41, 5.74) is 0.738. The van der Waals surface area contributed by atoms with Gasteiger partial charge in [0.05, 0.1) is 11.4 Å². The van der Waals surface area contributed by atoms with Crippen molar-refractivity contribution in [2.24, 2.45) is 0 Å². The Bertz CT molecular complexity index is 723. The van der Waals surface area contributed by atoms with Crippen molar-refractivity contribution in [1.29, 1.82) is 0 Å². The van der Waals surface area contributed by atoms with Crippen molar-refractivity contribution in [2.45, 2.75) is 11.0 Å². The van der Waals surface area contributed by atoms with Crippen molar-refractivity contribution in [1.82, 2.24) is 0 Å². The number of hydrogen-bond acceptors (Lipinski definition) is 6. The standard InChI is InChI=1S/C13H13NO5S2/c15-21(16,17)11-3-1-9(2-4-11)14-5-10-6-18-12-7-20-8-13(12)19-10/h1-4,7-8,10,14H,5-6H2,(H,15,16,17). The zero-order valence-electron chi connectivity index (χ0n) is 10.9. The minimum absolute atomic E-state index is 0.117. The molecule has 3 rings (SSSR count). The van der Waals surface area contributed by atoms with Crippen LogP contribution in [0.15, 0.2) is 39.9 Å². The highest BCUT2D eigenvalue weighted by Gasteiger charge is 2.21. The molecule has 0 amide bonds. The second kappa shape index (κ2) is 5.55. The molecular weight excluding hydrogens is 314 g/mol. The van der Waals surface area contributed by atoms with E-state index in [1.807, 2.05) is 10.8 Å². The third kappa shape index (κ3) is 3.29. The Hall–Kier alpha value is -1.77. The van der Waals surface area contributed by atoms with E-state index in [0.717, 1.165) is 17.2 Å². The van der Waals surface area contributed by atoms with Gasteiger partial charge >= 0.3 is 0 Å². The van der Waals surface area contributed by atoms with Crippen molar-refractivity contribution < 1.29 is 22.4 Å². The van der Waals surface area contributed by atoms with Gasteiger partial charge in [-0.3, -0.25) is 4.55 Å². The first-order valence-electron chi connectivity index (χ1n) is 6.19. The second-order valence-corrected chi connectivity index (χ2v) is 6.70. The number of thiophene rings is 1. The molecule has 21 heavy (non-hydrogen) atoms. The monoisotopic (exact) mass is 327 g/mol. The van der Waals surface area contributed by atoms with Gasteiger partial charge in [0.1, 0.15) is 12.7 Å². The topological polar surface area (TPSA) is 84.9 Å². The van der Waals surface area contributed by atoms with E-state index in [4.69, 9.17) is 14.0 Å². The van der Waals surface area contributed by atoms with Crippen LogP contribution in [0.5, 0.6) is 11.5 Å². The largest absolute Gasteiger partial charge is 0.485 e. The van der Waals surface area contributed by atoms with E-state index >= 15 is 0 Å². The Morgan fingerprint density at radius 3 is 2.67 bits per heavy atom. The number of rotatable bonds is 4. The summed E-state index contributed by atoms with van der Waals surface area (Å²) in [6.45, 7) is 0.986. The Morgan fingerprint density at radius 2 is 1.95 bits per heavy atom. The molecule has 8 heteroatoms. The molecule has 0 spiro atoms. The first-order valence-corrected chi connectivity index (χ1v) is 8.58. The van der Waals surface area contributed by atoms with E-state index < -0.39 is 10.1 Å². The van der Waals surface area contributed by atoms with Gasteiger partial charge in [0, 0.05) is 16.4 Å². The third-order valence-electron chi connectivity index (χ3n) is 3.00. The van der Waals surface area contributed by atoms with Crippen LogP contribution >= 0.6 is 11.3 Å². The summed E-state index contributed by atoms with van der Waals surface area (Å²) in [5, 5.41) is 6.93. The minimum Gasteiger partial charge on any atom is -0.485 e. The number of fused-ring (bicyclic) bond motifs is 1. The summed E-state index contributed by atoms with van der Waals surface area (Å²) >= 11 is 1.52. The van der Waals surface area contributed by atoms with E-state index in [2.05, 4.69) is 5.32 Å². The van der Waals surface area contributed by atoms with Gasteiger partial charge in [-0.1, -0.05) is 0 Å². The molecule has 6 nitrogen and oxygen atoms in total. The molecule has 0 saturated carbocycles. The number of anilines is 1. The van der Waals surface area contributed by atoms with E-state index in [-0.39, 0.29) is 11.0 Å². The minimum atomic E-state index is -4.15. The lowest BCUT2D eigenvalue weighted by Gasteiger charge is -2.25. The SMILES string of the molecule is O=S(=O)(O)c1ccc(NCC2COc3cscc3O2)cc1. The molecule has 2 aromatic rings. The fourth-order valence-electron chi connectivity index (χ4n) is 1.94. The average Bonchev–Trinajstić information content (AvgIpc) is 2.92. The van der Waals surface area contributed by atoms with E-state index in [9.17, 15) is 8.42 Å². The molecule has 0 aliphatic carbocycles. The lowest BCUT2D eigenvalue weighted by molar-refractivity contribution is 0.101. The molecule has 0 radical (unpaired) electrons. The quantitative estimate of drug-likeness (QED) is 0.838. The van der Waals surface area contributed by atoms with Crippen LogP contribution in [0.2, 0.25) is 0 Å². The highest BCUT2D eigenvalue weighted by Crippen LogP contribution is 2.35. The first-order chi connectivity index (χ1) is 10.0. The summed E-state index contributed by atoms with van der Waals surface area (Å²) in [6.07, 6.45) is -0.117. The van der Waals surface area contributed by atoms with Crippen LogP contribution in [0.4, 0.5) is 5.69 Å². The molecule has 1 atom stereocenters. The van der Waals surface area contributed by atoms with Crippen molar-refractivity contribution in [3.8, 4) is 11.5 Å². The molecular formula is C13H13NO5S2. The molecule has 1 aromatic carbocycles. The van der Waals surface area contributed by atoms with E-state index in [1.54, 1.807) is 12.1 Å². The van der Waals surface area contributed by atoms with Gasteiger partial charge in [-0.05, 0) is 24.3 Å². The van der Waals surface area contributed by atoms with Crippen LogP contribution in [0.25, 0.3) is 0 Å². The summed E-state index contributed by atoms with van der Waals surface area (Å²) < 4.78 is 42.1. The second-order valence-electron chi connectivity index (χ2n) is 4.53. The summed E-state index contributed by atoms with van der Waals surface area (Å²) in [4.78, 5) is -0.131. The number of benzene rings is 1. The lowest BCUT2D eigenvalue weighted by Crippen LogP contribution is -2.34. The van der Waals surface area contributed by atoms with Gasteiger partial charge in [-0.15, -0.1) is 11.3 Å². The highest BCUT2D eigenvalue weighted by atomic mass is 32.2. The molecule has 112 valence electrons. The fraction of sp³-hybridized carbons (Fsp3) is 0.231. The molecule has 1 aromatic heterocycles. The van der Waals surface area contributed by atoms with Crippen LogP contribution < -0.4 is 14.8 Å². The average molecular weight is 327 g/mol. The first kappa shape index (κ1) is 14.2. The highest BCUT2D eigenvalue weighted by molar-refractivity contribution is 7.85. The number of nitrogens with one attached hydrogen (secondary N) is 1. The van der Waals surface area contributed by atoms with Crippen LogP contribution in [0, 0.1) is 0 Å². The van der Waals surface area contributed by atoms with Crippen LogP contribution in [0.1, 0.15) is 0 Å². The Kier molecular flexibility index (Phi) is 3.75. The zero-order chi connectivity index (χ0) is 14.9. The number of hydrogen-bond donors (Lipinski definition) is 2. The van der Waals surface area contributed by atoms with Crippen molar-refractivity contribution >= 4 is 27.1 Å². The maximum Gasteiger partial charge on any atom is 0.294 e. The van der Waals surface area contributed by atoms with Crippen molar-refractivity contribution in [3.63, 3.8) is 0 Å². The van der Waals surface area contributed by atoms with Gasteiger partial charge in [0.15, 0.2) is 11.5 Å². The Morgan fingerprint density at radius 1 is 1.24 bits per heavy atom. The molecule has 2 N–H and O–H groups in total. The lowest BCUT2D eigenvalue weighted by atomic mass is 10.3. The predicted molar refractivity (Wildman–Crippen MR) is 79.0 cm³/mol. The maximum absolute atomic E-state index is 10.9. The normalized spacial score (nSPS) is 17.5. The molecule has 0 bridgehead atoms. The third-order valence-corrected chi connectivity index (χ3v) is 4.57. The molecule has 0 fully saturated rings. The van der Waals surface area contributed by atoms with Crippen molar-refractivity contribution in [3.05, 3.63) is 35.0 Å². The number of ether oxygens (including phenoxy) is 2. The smallest absolute Gasteiger partial charge is 0.294 e. The molecule has 2 heterocycles. The Labute approximate surface area is 126 Å². The van der Waals surface area contributed by atoms with Crippen LogP contribution in [-0.4, -0.2) is 32.2 Å². The van der Waals surface area contributed by atoms with E-state index in [0.29, 0.717) is 13.2 Å².